The van der Waals surface area contributed by atoms with E-state index in [0.717, 1.165) is 4.31 Å². The maximum absolute atomic E-state index is 13.5. The number of piperazine rings is 1. The van der Waals surface area contributed by atoms with Gasteiger partial charge in [-0.2, -0.15) is 4.31 Å². The first-order valence-corrected chi connectivity index (χ1v) is 6.72. The van der Waals surface area contributed by atoms with E-state index in [4.69, 9.17) is 0 Å². The van der Waals surface area contributed by atoms with Crippen molar-refractivity contribution in [3.63, 3.8) is 0 Å². The van der Waals surface area contributed by atoms with Crippen LogP contribution in [-0.4, -0.2) is 38.9 Å². The highest BCUT2D eigenvalue weighted by Crippen LogP contribution is 2.22. The highest BCUT2D eigenvalue weighted by atomic mass is 32.2. The Balaban J connectivity index is 2.43. The van der Waals surface area contributed by atoms with Gasteiger partial charge >= 0.3 is 0 Å². The lowest BCUT2D eigenvalue weighted by atomic mass is 10.3. The smallest absolute Gasteiger partial charge is 0.246 e. The van der Waals surface area contributed by atoms with Crippen LogP contribution in [0.3, 0.4) is 0 Å². The Bertz CT molecular complexity index is 556. The number of nitrogens with one attached hydrogen (secondary N) is 1. The summed E-state index contributed by atoms with van der Waals surface area (Å²) in [6, 6.07) is 0.618. The van der Waals surface area contributed by atoms with Crippen molar-refractivity contribution in [2.45, 2.75) is 4.90 Å². The molecule has 1 heterocycles. The van der Waals surface area contributed by atoms with E-state index in [2.05, 4.69) is 5.32 Å². The van der Waals surface area contributed by atoms with Gasteiger partial charge in [-0.3, -0.25) is 0 Å². The predicted molar refractivity (Wildman–Crippen MR) is 57.9 cm³/mol. The van der Waals surface area contributed by atoms with Crippen molar-refractivity contribution >= 4 is 10.0 Å². The van der Waals surface area contributed by atoms with Gasteiger partial charge < -0.3 is 5.32 Å². The summed E-state index contributed by atoms with van der Waals surface area (Å²) in [4.78, 5) is -0.830. The highest BCUT2D eigenvalue weighted by Gasteiger charge is 2.29. The van der Waals surface area contributed by atoms with E-state index in [9.17, 15) is 21.6 Å². The minimum Gasteiger partial charge on any atom is -0.314 e. The van der Waals surface area contributed by atoms with Crippen LogP contribution in [0.15, 0.2) is 17.0 Å². The van der Waals surface area contributed by atoms with E-state index in [-0.39, 0.29) is 19.2 Å². The van der Waals surface area contributed by atoms with Gasteiger partial charge in [0.1, 0.15) is 10.7 Å². The van der Waals surface area contributed by atoms with Crippen molar-refractivity contribution in [3.05, 3.63) is 29.6 Å². The molecule has 1 aromatic carbocycles. The zero-order valence-electron chi connectivity index (χ0n) is 9.29. The van der Waals surface area contributed by atoms with Gasteiger partial charge in [-0.25, -0.2) is 21.6 Å². The second-order valence-electron chi connectivity index (χ2n) is 3.85. The van der Waals surface area contributed by atoms with Gasteiger partial charge in [0.25, 0.3) is 0 Å². The normalized spacial score (nSPS) is 17.9. The molecule has 0 spiro atoms. The molecule has 0 atom stereocenters. The molecule has 100 valence electrons. The molecule has 0 unspecified atom stereocenters. The van der Waals surface area contributed by atoms with Crippen LogP contribution in [0.25, 0.3) is 0 Å². The minimum absolute atomic E-state index is 0.167. The van der Waals surface area contributed by atoms with E-state index >= 15 is 0 Å². The Morgan fingerprint density at radius 1 is 1.00 bits per heavy atom. The maximum atomic E-state index is 13.5. The molecule has 0 saturated carbocycles. The summed E-state index contributed by atoms with van der Waals surface area (Å²) in [6.07, 6.45) is 0. The largest absolute Gasteiger partial charge is 0.314 e. The molecular formula is C10H11F3N2O2S. The fourth-order valence-electron chi connectivity index (χ4n) is 1.73. The monoisotopic (exact) mass is 280 g/mol. The summed E-state index contributed by atoms with van der Waals surface area (Å²) < 4.78 is 64.4. The highest BCUT2D eigenvalue weighted by molar-refractivity contribution is 7.89. The lowest BCUT2D eigenvalue weighted by molar-refractivity contribution is 0.357. The third kappa shape index (κ3) is 2.36. The minimum atomic E-state index is -4.12. The summed E-state index contributed by atoms with van der Waals surface area (Å²) in [7, 11) is -4.12. The molecule has 0 amide bonds. The molecule has 18 heavy (non-hydrogen) atoms. The van der Waals surface area contributed by atoms with Gasteiger partial charge in [0.15, 0.2) is 11.6 Å². The number of halogens is 3. The molecule has 0 aliphatic carbocycles. The van der Waals surface area contributed by atoms with Crippen molar-refractivity contribution in [1.29, 1.82) is 0 Å². The van der Waals surface area contributed by atoms with E-state index in [0.29, 0.717) is 19.2 Å². The van der Waals surface area contributed by atoms with E-state index in [1.807, 2.05) is 0 Å². The van der Waals surface area contributed by atoms with Crippen LogP contribution in [-0.2, 0) is 10.0 Å². The van der Waals surface area contributed by atoms with E-state index < -0.39 is 32.4 Å². The summed E-state index contributed by atoms with van der Waals surface area (Å²) in [6.45, 7) is 1.20. The van der Waals surface area contributed by atoms with Crippen LogP contribution in [0, 0.1) is 17.5 Å². The third-order valence-corrected chi connectivity index (χ3v) is 4.58. The zero-order valence-corrected chi connectivity index (χ0v) is 10.1. The van der Waals surface area contributed by atoms with Crippen LogP contribution >= 0.6 is 0 Å². The molecule has 0 radical (unpaired) electrons. The molecule has 0 aromatic heterocycles. The molecule has 4 nitrogen and oxygen atoms in total. The Hall–Kier alpha value is -1.12. The van der Waals surface area contributed by atoms with Crippen LogP contribution in [0.5, 0.6) is 0 Å². The summed E-state index contributed by atoms with van der Waals surface area (Å²) in [5, 5.41) is 2.94. The van der Waals surface area contributed by atoms with Gasteiger partial charge in [0.05, 0.1) is 0 Å². The van der Waals surface area contributed by atoms with Crippen LogP contribution in [0.1, 0.15) is 0 Å². The summed E-state index contributed by atoms with van der Waals surface area (Å²) in [5.74, 6) is -4.08. The fraction of sp³-hybridized carbons (Fsp3) is 0.400. The SMILES string of the molecule is O=S(=O)(c1cc(F)c(F)cc1F)N1CCNCC1. The maximum Gasteiger partial charge on any atom is 0.246 e. The Labute approximate surface area is 102 Å². The number of rotatable bonds is 2. The molecule has 1 fully saturated rings. The van der Waals surface area contributed by atoms with Gasteiger partial charge in [-0.15, -0.1) is 0 Å². The Kier molecular flexibility index (Phi) is 3.60. The van der Waals surface area contributed by atoms with Gasteiger partial charge in [-0.1, -0.05) is 0 Å². The second-order valence-corrected chi connectivity index (χ2v) is 5.76. The van der Waals surface area contributed by atoms with Crippen LogP contribution in [0.2, 0.25) is 0 Å². The predicted octanol–water partition coefficient (Wildman–Crippen LogP) is 0.698. The number of hydrogen-bond donors (Lipinski definition) is 1. The van der Waals surface area contributed by atoms with Gasteiger partial charge in [-0.05, 0) is 6.07 Å². The Morgan fingerprint density at radius 2 is 1.56 bits per heavy atom. The second kappa shape index (κ2) is 4.87. The summed E-state index contributed by atoms with van der Waals surface area (Å²) >= 11 is 0. The molecular weight excluding hydrogens is 269 g/mol. The fourth-order valence-corrected chi connectivity index (χ4v) is 3.22. The van der Waals surface area contributed by atoms with Crippen molar-refractivity contribution in [2.24, 2.45) is 0 Å². The molecule has 1 aliphatic heterocycles. The van der Waals surface area contributed by atoms with Crippen molar-refractivity contribution < 1.29 is 21.6 Å². The quantitative estimate of drug-likeness (QED) is 0.811. The number of benzene rings is 1. The van der Waals surface area contributed by atoms with E-state index in [1.165, 1.54) is 0 Å². The first-order chi connectivity index (χ1) is 8.43. The first kappa shape index (κ1) is 13.3. The van der Waals surface area contributed by atoms with E-state index in [1.54, 1.807) is 0 Å². The molecule has 1 aliphatic rings. The summed E-state index contributed by atoms with van der Waals surface area (Å²) in [5.41, 5.74) is 0. The lowest BCUT2D eigenvalue weighted by Crippen LogP contribution is -2.46. The standard InChI is InChI=1S/C10H11F3N2O2S/c11-7-5-9(13)10(6-8(7)12)18(16,17)15-3-1-14-2-4-15/h5-6,14H,1-4H2. The molecule has 1 aromatic rings. The van der Waals surface area contributed by atoms with Crippen LogP contribution in [0.4, 0.5) is 13.2 Å². The van der Waals surface area contributed by atoms with Gasteiger partial charge in [0, 0.05) is 32.2 Å². The third-order valence-electron chi connectivity index (χ3n) is 2.67. The lowest BCUT2D eigenvalue weighted by Gasteiger charge is -2.26. The molecule has 0 bridgehead atoms. The average molecular weight is 280 g/mol. The molecule has 2 rings (SSSR count). The first-order valence-electron chi connectivity index (χ1n) is 5.28. The van der Waals surface area contributed by atoms with Crippen molar-refractivity contribution in [2.75, 3.05) is 26.2 Å². The molecule has 1 N–H and O–H groups in total. The molecule has 1 saturated heterocycles. The zero-order chi connectivity index (χ0) is 13.3. The Morgan fingerprint density at radius 3 is 2.17 bits per heavy atom. The van der Waals surface area contributed by atoms with Gasteiger partial charge in [0.2, 0.25) is 10.0 Å². The number of sulfonamides is 1. The number of hydrogen-bond acceptors (Lipinski definition) is 3. The molecule has 8 heteroatoms. The van der Waals surface area contributed by atoms with Crippen molar-refractivity contribution in [1.82, 2.24) is 9.62 Å². The number of nitrogens with zero attached hydrogens (tertiary/aromatic N) is 1. The van der Waals surface area contributed by atoms with Crippen molar-refractivity contribution in [3.8, 4) is 0 Å². The van der Waals surface area contributed by atoms with Crippen LogP contribution < -0.4 is 5.32 Å². The topological polar surface area (TPSA) is 49.4 Å². The average Bonchev–Trinajstić information content (AvgIpc) is 2.34.